The van der Waals surface area contributed by atoms with E-state index in [9.17, 15) is 4.79 Å². The minimum absolute atomic E-state index is 0.0478. The Morgan fingerprint density at radius 1 is 1.18 bits per heavy atom. The lowest BCUT2D eigenvalue weighted by Crippen LogP contribution is -2.31. The fraction of sp³-hybridized carbons (Fsp3) is 0.440. The number of benzene rings is 1. The molecule has 8 heteroatoms. The lowest BCUT2D eigenvalue weighted by Gasteiger charge is -2.33. The van der Waals surface area contributed by atoms with Gasteiger partial charge in [0.1, 0.15) is 0 Å². The number of amides is 1. The normalized spacial score (nSPS) is 20.0. The van der Waals surface area contributed by atoms with Crippen LogP contribution < -0.4 is 10.2 Å². The predicted molar refractivity (Wildman–Crippen MR) is 127 cm³/mol. The Morgan fingerprint density at radius 3 is 2.76 bits per heavy atom. The van der Waals surface area contributed by atoms with Gasteiger partial charge < -0.3 is 15.0 Å². The van der Waals surface area contributed by atoms with Crippen LogP contribution in [-0.4, -0.2) is 52.2 Å². The summed E-state index contributed by atoms with van der Waals surface area (Å²) in [6.07, 6.45) is 8.61. The molecule has 2 saturated heterocycles. The Bertz CT molecular complexity index is 1080. The van der Waals surface area contributed by atoms with Crippen LogP contribution in [0.15, 0.2) is 55.0 Å². The van der Waals surface area contributed by atoms with Crippen LogP contribution in [0.2, 0.25) is 0 Å². The maximum Gasteiger partial charge on any atom is 0.229 e. The van der Waals surface area contributed by atoms with Gasteiger partial charge in [0, 0.05) is 56.5 Å². The van der Waals surface area contributed by atoms with Crippen molar-refractivity contribution in [3.63, 3.8) is 0 Å². The molecule has 1 aromatic carbocycles. The van der Waals surface area contributed by atoms with Gasteiger partial charge in [-0.15, -0.1) is 5.10 Å². The molecule has 3 aromatic rings. The maximum atomic E-state index is 12.8. The molecule has 0 spiro atoms. The molecule has 0 saturated carbocycles. The van der Waals surface area contributed by atoms with Crippen LogP contribution in [0, 0.1) is 11.3 Å². The first-order valence-electron chi connectivity index (χ1n) is 11.6. The van der Waals surface area contributed by atoms with Gasteiger partial charge in [-0.25, -0.2) is 0 Å². The van der Waals surface area contributed by atoms with Crippen LogP contribution >= 0.6 is 0 Å². The second-order valence-corrected chi connectivity index (χ2v) is 9.43. The molecule has 0 aliphatic carbocycles. The van der Waals surface area contributed by atoms with Crippen LogP contribution in [0.4, 0.5) is 11.5 Å². The van der Waals surface area contributed by atoms with E-state index in [0.717, 1.165) is 68.2 Å². The van der Waals surface area contributed by atoms with Crippen molar-refractivity contribution in [2.24, 2.45) is 11.3 Å². The van der Waals surface area contributed by atoms with Gasteiger partial charge >= 0.3 is 0 Å². The monoisotopic (exact) mass is 446 g/mol. The van der Waals surface area contributed by atoms with Gasteiger partial charge in [-0.2, -0.15) is 10.2 Å². The summed E-state index contributed by atoms with van der Waals surface area (Å²) < 4.78 is 7.55. The molecule has 8 nitrogen and oxygen atoms in total. The van der Waals surface area contributed by atoms with Crippen molar-refractivity contribution in [3.05, 3.63) is 55.0 Å². The van der Waals surface area contributed by atoms with Crippen molar-refractivity contribution in [1.82, 2.24) is 20.0 Å². The number of anilines is 2. The number of rotatable bonds is 6. The molecule has 1 atom stereocenters. The zero-order valence-corrected chi connectivity index (χ0v) is 19.0. The fourth-order valence-corrected chi connectivity index (χ4v) is 4.65. The van der Waals surface area contributed by atoms with Crippen molar-refractivity contribution in [1.29, 1.82) is 0 Å². The number of carbonyl (C=O) groups excluding carboxylic acids is 1. The Kier molecular flexibility index (Phi) is 6.09. The van der Waals surface area contributed by atoms with E-state index in [1.165, 1.54) is 0 Å². The molecule has 5 rings (SSSR count). The van der Waals surface area contributed by atoms with Crippen LogP contribution in [0.3, 0.4) is 0 Å². The lowest BCUT2D eigenvalue weighted by molar-refractivity contribution is -0.119. The zero-order chi connectivity index (χ0) is 22.7. The Labute approximate surface area is 194 Å². The van der Waals surface area contributed by atoms with E-state index in [1.807, 2.05) is 47.3 Å². The van der Waals surface area contributed by atoms with E-state index in [0.29, 0.717) is 6.54 Å². The molecule has 172 valence electrons. The molecule has 0 radical (unpaired) electrons. The van der Waals surface area contributed by atoms with Crippen LogP contribution in [0.25, 0.3) is 11.1 Å². The molecule has 2 aromatic heterocycles. The van der Waals surface area contributed by atoms with E-state index in [-0.39, 0.29) is 17.2 Å². The SMILES string of the molecule is CC1(Cn2cc(-c3ccc(NC(=O)[C@H]4CCN(c5cccnn5)C4)cc3)cn2)CCOCC1. The van der Waals surface area contributed by atoms with Gasteiger partial charge in [-0.3, -0.25) is 9.48 Å². The van der Waals surface area contributed by atoms with E-state index >= 15 is 0 Å². The van der Waals surface area contributed by atoms with Gasteiger partial charge in [-0.05, 0) is 54.5 Å². The Morgan fingerprint density at radius 2 is 2.00 bits per heavy atom. The highest BCUT2D eigenvalue weighted by atomic mass is 16.5. The second kappa shape index (κ2) is 9.31. The highest BCUT2D eigenvalue weighted by Crippen LogP contribution is 2.32. The average molecular weight is 447 g/mol. The molecule has 1 N–H and O–H groups in total. The zero-order valence-electron chi connectivity index (χ0n) is 19.0. The average Bonchev–Trinajstić information content (AvgIpc) is 3.51. The van der Waals surface area contributed by atoms with Gasteiger partial charge in [0.2, 0.25) is 5.91 Å². The third-order valence-corrected chi connectivity index (χ3v) is 6.80. The van der Waals surface area contributed by atoms with Crippen molar-refractivity contribution >= 4 is 17.4 Å². The van der Waals surface area contributed by atoms with Crippen molar-refractivity contribution in [2.75, 3.05) is 36.5 Å². The molecule has 0 unspecified atom stereocenters. The standard InChI is InChI=1S/C25H30N6O2/c1-25(9-13-33-14-10-25)18-31-17-21(15-27-31)19-4-6-22(7-5-19)28-24(32)20-8-12-30(16-20)23-3-2-11-26-29-23/h2-7,11,15,17,20H,8-10,12-14,16,18H2,1H3,(H,28,32)/t20-/m0/s1. The topological polar surface area (TPSA) is 85.2 Å². The molecule has 33 heavy (non-hydrogen) atoms. The predicted octanol–water partition coefficient (Wildman–Crippen LogP) is 3.62. The quantitative estimate of drug-likeness (QED) is 0.623. The Balaban J connectivity index is 1.17. The first-order chi connectivity index (χ1) is 16.1. The minimum atomic E-state index is -0.0588. The van der Waals surface area contributed by atoms with E-state index in [1.54, 1.807) is 6.20 Å². The molecule has 2 fully saturated rings. The van der Waals surface area contributed by atoms with Crippen molar-refractivity contribution in [3.8, 4) is 11.1 Å². The summed E-state index contributed by atoms with van der Waals surface area (Å²) in [5, 5.41) is 15.7. The van der Waals surface area contributed by atoms with Gasteiger partial charge in [0.15, 0.2) is 5.82 Å². The molecule has 0 bridgehead atoms. The number of hydrogen-bond donors (Lipinski definition) is 1. The van der Waals surface area contributed by atoms with E-state index in [4.69, 9.17) is 4.74 Å². The highest BCUT2D eigenvalue weighted by Gasteiger charge is 2.30. The lowest BCUT2D eigenvalue weighted by atomic mass is 9.82. The van der Waals surface area contributed by atoms with Crippen LogP contribution in [-0.2, 0) is 16.1 Å². The fourth-order valence-electron chi connectivity index (χ4n) is 4.65. The molecular weight excluding hydrogens is 416 g/mol. The largest absolute Gasteiger partial charge is 0.381 e. The maximum absolute atomic E-state index is 12.8. The summed E-state index contributed by atoms with van der Waals surface area (Å²) >= 11 is 0. The van der Waals surface area contributed by atoms with Gasteiger partial charge in [-0.1, -0.05) is 19.1 Å². The van der Waals surface area contributed by atoms with Crippen LogP contribution in [0.5, 0.6) is 0 Å². The van der Waals surface area contributed by atoms with E-state index < -0.39 is 0 Å². The summed E-state index contributed by atoms with van der Waals surface area (Å²) in [5.41, 5.74) is 3.22. The van der Waals surface area contributed by atoms with Gasteiger partial charge in [0.25, 0.3) is 0 Å². The number of aromatic nitrogens is 4. The first kappa shape index (κ1) is 21.6. The van der Waals surface area contributed by atoms with Crippen molar-refractivity contribution in [2.45, 2.75) is 32.7 Å². The number of nitrogens with one attached hydrogen (secondary N) is 1. The van der Waals surface area contributed by atoms with Crippen molar-refractivity contribution < 1.29 is 9.53 Å². The number of nitrogens with zero attached hydrogens (tertiary/aromatic N) is 5. The smallest absolute Gasteiger partial charge is 0.229 e. The first-order valence-corrected chi connectivity index (χ1v) is 11.6. The number of carbonyl (C=O) groups is 1. The molecule has 2 aliphatic heterocycles. The third-order valence-electron chi connectivity index (χ3n) is 6.80. The summed E-state index contributed by atoms with van der Waals surface area (Å²) in [7, 11) is 0. The summed E-state index contributed by atoms with van der Waals surface area (Å²) in [5.74, 6) is 0.812. The molecular formula is C25H30N6O2. The number of ether oxygens (including phenoxy) is 1. The summed E-state index contributed by atoms with van der Waals surface area (Å²) in [6.45, 7) is 6.34. The second-order valence-electron chi connectivity index (χ2n) is 9.43. The van der Waals surface area contributed by atoms with E-state index in [2.05, 4.69) is 38.6 Å². The molecule has 4 heterocycles. The third kappa shape index (κ3) is 5.06. The highest BCUT2D eigenvalue weighted by molar-refractivity contribution is 5.93. The Hall–Kier alpha value is -3.26. The van der Waals surface area contributed by atoms with Crippen LogP contribution in [0.1, 0.15) is 26.2 Å². The van der Waals surface area contributed by atoms with Gasteiger partial charge in [0.05, 0.1) is 12.1 Å². The summed E-state index contributed by atoms with van der Waals surface area (Å²) in [6, 6.07) is 11.8. The number of hydrogen-bond acceptors (Lipinski definition) is 6. The minimum Gasteiger partial charge on any atom is -0.381 e. The molecule has 1 amide bonds. The molecule has 2 aliphatic rings. The summed E-state index contributed by atoms with van der Waals surface area (Å²) in [4.78, 5) is 14.9.